The van der Waals surface area contributed by atoms with Crippen LogP contribution in [0.5, 0.6) is 11.5 Å². The van der Waals surface area contributed by atoms with Gasteiger partial charge in [0.25, 0.3) is 0 Å². The van der Waals surface area contributed by atoms with E-state index < -0.39 is 10.0 Å². The number of nitrogens with one attached hydrogen (secondary N) is 1. The molecular weight excluding hydrogens is 368 g/mol. The zero-order valence-corrected chi connectivity index (χ0v) is 16.7. The number of carbonyl (C=O) groups is 1. The summed E-state index contributed by atoms with van der Waals surface area (Å²) in [7, 11) is -0.487. The molecule has 8 heteroatoms. The van der Waals surface area contributed by atoms with Crippen molar-refractivity contribution >= 4 is 27.3 Å². The molecule has 0 aliphatic carbocycles. The van der Waals surface area contributed by atoms with E-state index >= 15 is 0 Å². The first-order valence-corrected chi connectivity index (χ1v) is 10.2. The fourth-order valence-corrected chi connectivity index (χ4v) is 3.45. The molecule has 146 valence electrons. The topological polar surface area (TPSA) is 84.9 Å². The van der Waals surface area contributed by atoms with Crippen LogP contribution >= 0.6 is 0 Å². The lowest BCUT2D eigenvalue weighted by atomic mass is 10.2. The van der Waals surface area contributed by atoms with Gasteiger partial charge in [-0.2, -0.15) is 0 Å². The largest absolute Gasteiger partial charge is 0.497 e. The second-order valence-corrected chi connectivity index (χ2v) is 7.94. The summed E-state index contributed by atoms with van der Waals surface area (Å²) in [5.74, 6) is 0.730. The molecule has 0 atom stereocenters. The third kappa shape index (κ3) is 5.62. The van der Waals surface area contributed by atoms with Crippen molar-refractivity contribution in [2.24, 2.45) is 0 Å². The maximum Gasteiger partial charge on any atom is 0.232 e. The lowest BCUT2D eigenvalue weighted by Crippen LogP contribution is -2.33. The maximum atomic E-state index is 12.4. The van der Waals surface area contributed by atoms with Crippen molar-refractivity contribution in [3.63, 3.8) is 0 Å². The number of nitrogens with zero attached hydrogens (tertiary/aromatic N) is 1. The zero-order valence-electron chi connectivity index (χ0n) is 15.9. The molecule has 1 amide bonds. The number of amides is 1. The Morgan fingerprint density at radius 1 is 1.07 bits per heavy atom. The highest BCUT2D eigenvalue weighted by atomic mass is 32.2. The van der Waals surface area contributed by atoms with E-state index in [2.05, 4.69) is 5.32 Å². The fourth-order valence-electron chi connectivity index (χ4n) is 2.52. The number of methoxy groups -OCH3 is 2. The Kier molecular flexibility index (Phi) is 6.68. The van der Waals surface area contributed by atoms with Crippen molar-refractivity contribution < 1.29 is 22.7 Å². The predicted octanol–water partition coefficient (Wildman–Crippen LogP) is 2.81. The number of anilines is 2. The maximum absolute atomic E-state index is 12.4. The quantitative estimate of drug-likeness (QED) is 0.747. The number of aryl methyl sites for hydroxylation is 1. The van der Waals surface area contributed by atoms with E-state index in [4.69, 9.17) is 9.47 Å². The molecule has 2 aromatic carbocycles. The first-order valence-electron chi connectivity index (χ1n) is 8.31. The fraction of sp³-hybridized carbons (Fsp3) is 0.316. The molecule has 0 aliphatic heterocycles. The normalized spacial score (nSPS) is 11.0. The predicted molar refractivity (Wildman–Crippen MR) is 106 cm³/mol. The van der Waals surface area contributed by atoms with Crippen LogP contribution in [0, 0.1) is 6.92 Å². The van der Waals surface area contributed by atoms with Crippen LogP contribution in [-0.2, 0) is 14.8 Å². The van der Waals surface area contributed by atoms with Gasteiger partial charge in [0.15, 0.2) is 0 Å². The van der Waals surface area contributed by atoms with Crippen LogP contribution in [0.3, 0.4) is 0 Å². The van der Waals surface area contributed by atoms with Gasteiger partial charge in [-0.1, -0.05) is 17.7 Å². The van der Waals surface area contributed by atoms with Crippen molar-refractivity contribution in [2.75, 3.05) is 36.6 Å². The average molecular weight is 392 g/mol. The molecule has 0 bridgehead atoms. The summed E-state index contributed by atoms with van der Waals surface area (Å²) >= 11 is 0. The van der Waals surface area contributed by atoms with Gasteiger partial charge in [0.1, 0.15) is 11.5 Å². The van der Waals surface area contributed by atoms with Crippen molar-refractivity contribution in [2.45, 2.75) is 13.3 Å². The van der Waals surface area contributed by atoms with Gasteiger partial charge in [0.2, 0.25) is 15.9 Å². The van der Waals surface area contributed by atoms with E-state index in [0.717, 1.165) is 11.8 Å². The van der Waals surface area contributed by atoms with Gasteiger partial charge in [0.05, 0.1) is 31.9 Å². The molecule has 0 aliphatic rings. The summed E-state index contributed by atoms with van der Waals surface area (Å²) < 4.78 is 35.9. The van der Waals surface area contributed by atoms with Gasteiger partial charge in [-0.05, 0) is 31.2 Å². The van der Waals surface area contributed by atoms with E-state index in [0.29, 0.717) is 22.9 Å². The monoisotopic (exact) mass is 392 g/mol. The molecule has 0 fully saturated rings. The molecular formula is C19H24N2O5S. The molecule has 0 radical (unpaired) electrons. The highest BCUT2D eigenvalue weighted by Crippen LogP contribution is 2.29. The summed E-state index contributed by atoms with van der Waals surface area (Å²) in [6, 6.07) is 12.1. The van der Waals surface area contributed by atoms with Crippen molar-refractivity contribution in [1.29, 1.82) is 0 Å². The Bertz CT molecular complexity index is 895. The SMILES string of the molecule is COc1ccc(OC)c(NC(=O)CCN(c2ccc(C)cc2)S(C)(=O)=O)c1. The number of hydrogen-bond donors (Lipinski definition) is 1. The molecule has 0 aromatic heterocycles. The van der Waals surface area contributed by atoms with Gasteiger partial charge in [-0.15, -0.1) is 0 Å². The van der Waals surface area contributed by atoms with Gasteiger partial charge in [-0.3, -0.25) is 9.10 Å². The third-order valence-electron chi connectivity index (χ3n) is 3.94. The van der Waals surface area contributed by atoms with Crippen LogP contribution in [0.1, 0.15) is 12.0 Å². The Morgan fingerprint density at radius 2 is 1.74 bits per heavy atom. The standard InChI is InChI=1S/C19H24N2O5S/c1-14-5-7-15(8-6-14)21(27(4,23)24)12-11-19(22)20-17-13-16(25-2)9-10-18(17)26-3/h5-10,13H,11-12H2,1-4H3,(H,20,22). The highest BCUT2D eigenvalue weighted by molar-refractivity contribution is 7.92. The van der Waals surface area contributed by atoms with Crippen LogP contribution in [0.25, 0.3) is 0 Å². The molecule has 2 rings (SSSR count). The van der Waals surface area contributed by atoms with Crippen LogP contribution in [0.4, 0.5) is 11.4 Å². The Morgan fingerprint density at radius 3 is 2.30 bits per heavy atom. The molecule has 0 saturated heterocycles. The molecule has 0 unspecified atom stereocenters. The zero-order chi connectivity index (χ0) is 20.0. The second kappa shape index (κ2) is 8.77. The molecule has 0 heterocycles. The van der Waals surface area contributed by atoms with Crippen LogP contribution < -0.4 is 19.1 Å². The summed E-state index contributed by atoms with van der Waals surface area (Å²) in [6.45, 7) is 1.95. The van der Waals surface area contributed by atoms with Crippen molar-refractivity contribution in [3.05, 3.63) is 48.0 Å². The van der Waals surface area contributed by atoms with Gasteiger partial charge in [-0.25, -0.2) is 8.42 Å². The number of ether oxygens (including phenoxy) is 2. The molecule has 2 aromatic rings. The molecule has 0 spiro atoms. The number of hydrogen-bond acceptors (Lipinski definition) is 5. The second-order valence-electron chi connectivity index (χ2n) is 6.04. The minimum atomic E-state index is -3.51. The molecule has 27 heavy (non-hydrogen) atoms. The minimum Gasteiger partial charge on any atom is -0.497 e. The molecule has 0 saturated carbocycles. The minimum absolute atomic E-state index is 0.0126. The average Bonchev–Trinajstić information content (AvgIpc) is 2.62. The van der Waals surface area contributed by atoms with Gasteiger partial charge < -0.3 is 14.8 Å². The summed E-state index contributed by atoms with van der Waals surface area (Å²) in [5.41, 5.74) is 2.01. The van der Waals surface area contributed by atoms with Crippen LogP contribution in [0.2, 0.25) is 0 Å². The van der Waals surface area contributed by atoms with Crippen LogP contribution in [-0.4, -0.2) is 41.3 Å². The smallest absolute Gasteiger partial charge is 0.232 e. The summed E-state index contributed by atoms with van der Waals surface area (Å²) in [6.07, 6.45) is 1.11. The third-order valence-corrected chi connectivity index (χ3v) is 5.14. The van der Waals surface area contributed by atoms with E-state index in [1.165, 1.54) is 18.5 Å². The number of rotatable bonds is 8. The first kappa shape index (κ1) is 20.6. The molecule has 1 N–H and O–H groups in total. The Hall–Kier alpha value is -2.74. The number of carbonyl (C=O) groups excluding carboxylic acids is 1. The van der Waals surface area contributed by atoms with Gasteiger partial charge in [0, 0.05) is 19.0 Å². The van der Waals surface area contributed by atoms with Crippen LogP contribution in [0.15, 0.2) is 42.5 Å². The number of benzene rings is 2. The Balaban J connectivity index is 2.11. The molecule has 7 nitrogen and oxygen atoms in total. The lowest BCUT2D eigenvalue weighted by molar-refractivity contribution is -0.116. The van der Waals surface area contributed by atoms with Crippen molar-refractivity contribution in [3.8, 4) is 11.5 Å². The van der Waals surface area contributed by atoms with E-state index in [1.807, 2.05) is 19.1 Å². The lowest BCUT2D eigenvalue weighted by Gasteiger charge is -2.22. The highest BCUT2D eigenvalue weighted by Gasteiger charge is 2.19. The van der Waals surface area contributed by atoms with Gasteiger partial charge >= 0.3 is 0 Å². The first-order chi connectivity index (χ1) is 12.7. The van der Waals surface area contributed by atoms with E-state index in [1.54, 1.807) is 30.3 Å². The summed E-state index contributed by atoms with van der Waals surface area (Å²) in [5, 5.41) is 2.74. The van der Waals surface area contributed by atoms with E-state index in [9.17, 15) is 13.2 Å². The van der Waals surface area contributed by atoms with E-state index in [-0.39, 0.29) is 18.9 Å². The Labute approximate surface area is 160 Å². The number of sulfonamides is 1. The summed E-state index contributed by atoms with van der Waals surface area (Å²) in [4.78, 5) is 12.4. The van der Waals surface area contributed by atoms with Crippen molar-refractivity contribution in [1.82, 2.24) is 0 Å².